The molecular weight excluding hydrogens is 230 g/mol. The van der Waals surface area contributed by atoms with Gasteiger partial charge in [0.2, 0.25) is 5.91 Å². The first kappa shape index (κ1) is 14.4. The standard InChI is InChI=1S/C12H19N5O/c1-16(11-8-15-9-11)10-12(18)17(6-2-4-13)7-3-5-14/h11,15H,2-3,6-10H2,1H3. The number of nitriles is 2. The summed E-state index contributed by atoms with van der Waals surface area (Å²) >= 11 is 0. The fourth-order valence-corrected chi connectivity index (χ4v) is 1.76. The van der Waals surface area contributed by atoms with Crippen LogP contribution in [0.3, 0.4) is 0 Å². The Morgan fingerprint density at radius 1 is 1.28 bits per heavy atom. The van der Waals surface area contributed by atoms with Gasteiger partial charge in [0.1, 0.15) is 0 Å². The Bertz CT molecular complexity index is 334. The summed E-state index contributed by atoms with van der Waals surface area (Å²) < 4.78 is 0. The van der Waals surface area contributed by atoms with E-state index in [-0.39, 0.29) is 5.91 Å². The maximum atomic E-state index is 12.1. The van der Waals surface area contributed by atoms with Gasteiger partial charge < -0.3 is 10.2 Å². The normalized spacial score (nSPS) is 14.7. The number of rotatable bonds is 7. The van der Waals surface area contributed by atoms with Crippen LogP contribution in [0.1, 0.15) is 12.8 Å². The van der Waals surface area contributed by atoms with Gasteiger partial charge in [0.15, 0.2) is 0 Å². The molecule has 1 N–H and O–H groups in total. The summed E-state index contributed by atoms with van der Waals surface area (Å²) in [6.07, 6.45) is 0.623. The van der Waals surface area contributed by atoms with Gasteiger partial charge in [0.25, 0.3) is 0 Å². The summed E-state index contributed by atoms with van der Waals surface area (Å²) in [5.41, 5.74) is 0. The highest BCUT2D eigenvalue weighted by Crippen LogP contribution is 2.03. The van der Waals surface area contributed by atoms with Crippen molar-refractivity contribution < 1.29 is 4.79 Å². The molecule has 1 amide bonds. The van der Waals surface area contributed by atoms with Gasteiger partial charge in [0, 0.05) is 32.2 Å². The highest BCUT2D eigenvalue weighted by atomic mass is 16.2. The molecule has 0 atom stereocenters. The van der Waals surface area contributed by atoms with Crippen molar-refractivity contribution in [3.63, 3.8) is 0 Å². The first-order valence-electron chi connectivity index (χ1n) is 6.11. The van der Waals surface area contributed by atoms with E-state index in [9.17, 15) is 4.79 Å². The third-order valence-electron chi connectivity index (χ3n) is 3.11. The quantitative estimate of drug-likeness (QED) is 0.660. The van der Waals surface area contributed by atoms with Crippen LogP contribution in [0.25, 0.3) is 0 Å². The van der Waals surface area contributed by atoms with Crippen molar-refractivity contribution in [3.8, 4) is 12.1 Å². The lowest BCUT2D eigenvalue weighted by atomic mass is 10.1. The average Bonchev–Trinajstić information content (AvgIpc) is 2.26. The number of nitrogens with one attached hydrogen (secondary N) is 1. The second-order valence-electron chi connectivity index (χ2n) is 4.42. The summed E-state index contributed by atoms with van der Waals surface area (Å²) in [5, 5.41) is 20.3. The van der Waals surface area contributed by atoms with Gasteiger partial charge in [-0.2, -0.15) is 10.5 Å². The summed E-state index contributed by atoms with van der Waals surface area (Å²) in [4.78, 5) is 15.7. The Kier molecular flexibility index (Phi) is 6.13. The van der Waals surface area contributed by atoms with Crippen molar-refractivity contribution >= 4 is 5.91 Å². The van der Waals surface area contributed by atoms with Crippen LogP contribution >= 0.6 is 0 Å². The van der Waals surface area contributed by atoms with E-state index in [0.717, 1.165) is 13.1 Å². The van der Waals surface area contributed by atoms with Gasteiger partial charge in [-0.25, -0.2) is 0 Å². The first-order valence-corrected chi connectivity index (χ1v) is 6.11. The molecule has 0 spiro atoms. The first-order chi connectivity index (χ1) is 8.69. The van der Waals surface area contributed by atoms with Crippen molar-refractivity contribution in [1.29, 1.82) is 10.5 Å². The zero-order valence-corrected chi connectivity index (χ0v) is 10.7. The van der Waals surface area contributed by atoms with E-state index in [4.69, 9.17) is 10.5 Å². The maximum absolute atomic E-state index is 12.1. The predicted molar refractivity (Wildman–Crippen MR) is 66.3 cm³/mol. The lowest BCUT2D eigenvalue weighted by Gasteiger charge is -2.36. The number of carbonyl (C=O) groups is 1. The Morgan fingerprint density at radius 2 is 1.83 bits per heavy atom. The maximum Gasteiger partial charge on any atom is 0.236 e. The molecule has 1 fully saturated rings. The van der Waals surface area contributed by atoms with Crippen molar-refractivity contribution in [2.45, 2.75) is 18.9 Å². The van der Waals surface area contributed by atoms with Gasteiger partial charge in [-0.15, -0.1) is 0 Å². The molecule has 0 aromatic rings. The van der Waals surface area contributed by atoms with E-state index < -0.39 is 0 Å². The Balaban J connectivity index is 2.41. The predicted octanol–water partition coefficient (Wildman–Crippen LogP) is -0.454. The van der Waals surface area contributed by atoms with Gasteiger partial charge in [-0.3, -0.25) is 9.69 Å². The molecule has 1 rings (SSSR count). The molecule has 98 valence electrons. The van der Waals surface area contributed by atoms with Crippen molar-refractivity contribution in [1.82, 2.24) is 15.1 Å². The lowest BCUT2D eigenvalue weighted by Crippen LogP contribution is -2.57. The molecule has 18 heavy (non-hydrogen) atoms. The molecular formula is C12H19N5O. The van der Waals surface area contributed by atoms with Crippen molar-refractivity contribution in [3.05, 3.63) is 0 Å². The minimum atomic E-state index is -0.00472. The molecule has 0 aromatic heterocycles. The average molecular weight is 249 g/mol. The largest absolute Gasteiger partial charge is 0.340 e. The van der Waals surface area contributed by atoms with Crippen LogP contribution in [-0.2, 0) is 4.79 Å². The van der Waals surface area contributed by atoms with Gasteiger partial charge in [0.05, 0.1) is 31.5 Å². The molecule has 0 radical (unpaired) electrons. The van der Waals surface area contributed by atoms with Gasteiger partial charge >= 0.3 is 0 Å². The van der Waals surface area contributed by atoms with Crippen LogP contribution in [0, 0.1) is 22.7 Å². The highest BCUT2D eigenvalue weighted by molar-refractivity contribution is 5.78. The molecule has 1 aliphatic rings. The van der Waals surface area contributed by atoms with E-state index in [0.29, 0.717) is 38.5 Å². The fraction of sp³-hybridized carbons (Fsp3) is 0.750. The minimum Gasteiger partial charge on any atom is -0.340 e. The number of likely N-dealkylation sites (N-methyl/N-ethyl adjacent to an activating group) is 1. The van der Waals surface area contributed by atoms with Crippen molar-refractivity contribution in [2.75, 3.05) is 39.8 Å². The Hall–Kier alpha value is -1.63. The SMILES string of the molecule is CN(CC(=O)N(CCC#N)CCC#N)C1CNC1. The molecule has 0 aliphatic carbocycles. The van der Waals surface area contributed by atoms with E-state index in [1.807, 2.05) is 24.1 Å². The number of amides is 1. The number of carbonyl (C=O) groups excluding carboxylic acids is 1. The van der Waals surface area contributed by atoms with E-state index >= 15 is 0 Å². The second-order valence-corrected chi connectivity index (χ2v) is 4.42. The molecule has 1 aliphatic heterocycles. The van der Waals surface area contributed by atoms with Crippen LogP contribution in [0.4, 0.5) is 0 Å². The molecule has 0 saturated carbocycles. The van der Waals surface area contributed by atoms with E-state index in [2.05, 4.69) is 5.32 Å². The third-order valence-corrected chi connectivity index (χ3v) is 3.11. The van der Waals surface area contributed by atoms with E-state index in [1.165, 1.54) is 0 Å². The van der Waals surface area contributed by atoms with Gasteiger partial charge in [-0.1, -0.05) is 0 Å². The summed E-state index contributed by atoms with van der Waals surface area (Å²) in [6, 6.07) is 4.47. The lowest BCUT2D eigenvalue weighted by molar-refractivity contribution is -0.132. The zero-order chi connectivity index (χ0) is 13.4. The number of nitrogens with zero attached hydrogens (tertiary/aromatic N) is 4. The third kappa shape index (κ3) is 4.33. The van der Waals surface area contributed by atoms with Crippen LogP contribution < -0.4 is 5.32 Å². The van der Waals surface area contributed by atoms with Crippen LogP contribution in [0.15, 0.2) is 0 Å². The summed E-state index contributed by atoms with van der Waals surface area (Å²) in [7, 11) is 1.93. The molecule has 1 saturated heterocycles. The van der Waals surface area contributed by atoms with Gasteiger partial charge in [-0.05, 0) is 7.05 Å². The Morgan fingerprint density at radius 3 is 2.22 bits per heavy atom. The summed E-state index contributed by atoms with van der Waals surface area (Å²) in [5.74, 6) is -0.00472. The molecule has 1 heterocycles. The van der Waals surface area contributed by atoms with Crippen LogP contribution in [-0.4, -0.2) is 61.5 Å². The smallest absolute Gasteiger partial charge is 0.236 e. The Labute approximate surface area is 108 Å². The fourth-order valence-electron chi connectivity index (χ4n) is 1.76. The molecule has 0 aromatic carbocycles. The molecule has 6 nitrogen and oxygen atoms in total. The highest BCUT2D eigenvalue weighted by Gasteiger charge is 2.24. The number of hydrogen-bond acceptors (Lipinski definition) is 5. The van der Waals surface area contributed by atoms with Crippen LogP contribution in [0.2, 0.25) is 0 Å². The molecule has 6 heteroatoms. The van der Waals surface area contributed by atoms with Crippen LogP contribution in [0.5, 0.6) is 0 Å². The summed E-state index contributed by atoms with van der Waals surface area (Å²) in [6.45, 7) is 3.01. The molecule has 0 unspecified atom stereocenters. The zero-order valence-electron chi connectivity index (χ0n) is 10.7. The second kappa shape index (κ2) is 7.65. The van der Waals surface area contributed by atoms with E-state index in [1.54, 1.807) is 4.90 Å². The van der Waals surface area contributed by atoms with Crippen molar-refractivity contribution in [2.24, 2.45) is 0 Å². The topological polar surface area (TPSA) is 83.2 Å². The minimum absolute atomic E-state index is 0.00472. The monoisotopic (exact) mass is 249 g/mol. The number of hydrogen-bond donors (Lipinski definition) is 1. The molecule has 0 bridgehead atoms.